The van der Waals surface area contributed by atoms with Crippen LogP contribution in [0.2, 0.25) is 0 Å². The fourth-order valence-corrected chi connectivity index (χ4v) is 8.66. The van der Waals surface area contributed by atoms with E-state index in [0.717, 1.165) is 92.1 Å². The van der Waals surface area contributed by atoms with Crippen LogP contribution < -0.4 is 4.74 Å². The van der Waals surface area contributed by atoms with Crippen molar-refractivity contribution in [2.24, 2.45) is 0 Å². The molecular weight excluding hydrogens is 652 g/mol. The van der Waals surface area contributed by atoms with Crippen LogP contribution in [-0.2, 0) is 5.41 Å². The van der Waals surface area contributed by atoms with E-state index in [4.69, 9.17) is 13.6 Å². The third-order valence-electron chi connectivity index (χ3n) is 9.06. The van der Waals surface area contributed by atoms with Gasteiger partial charge in [0.25, 0.3) is 0 Å². The van der Waals surface area contributed by atoms with Gasteiger partial charge in [-0.25, -0.2) is 0 Å². The van der Waals surface area contributed by atoms with Gasteiger partial charge in [0.05, 0.1) is 9.89 Å². The van der Waals surface area contributed by atoms with Gasteiger partial charge in [-0.3, -0.25) is 0 Å². The van der Waals surface area contributed by atoms with Crippen LogP contribution in [-0.4, -0.2) is 0 Å². The molecule has 0 saturated carbocycles. The third kappa shape index (κ3) is 2.63. The molecule has 3 heterocycles. The smallest absolute Gasteiger partial charge is 0.150 e. The molecule has 0 unspecified atom stereocenters. The molecule has 0 N–H and O–H groups in total. The molecular formula is C37H18Br2O3. The number of ether oxygens (including phenoxy) is 1. The van der Waals surface area contributed by atoms with E-state index in [9.17, 15) is 0 Å². The van der Waals surface area contributed by atoms with Crippen LogP contribution in [0.25, 0.3) is 55.0 Å². The van der Waals surface area contributed by atoms with Crippen molar-refractivity contribution in [2.75, 3.05) is 0 Å². The summed E-state index contributed by atoms with van der Waals surface area (Å²) >= 11 is 7.94. The van der Waals surface area contributed by atoms with Crippen molar-refractivity contribution in [3.05, 3.63) is 140 Å². The minimum absolute atomic E-state index is 0.652. The van der Waals surface area contributed by atoms with Gasteiger partial charge in [0.2, 0.25) is 0 Å². The summed E-state index contributed by atoms with van der Waals surface area (Å²) in [5, 5.41) is 4.32. The lowest BCUT2D eigenvalue weighted by molar-refractivity contribution is 0.436. The SMILES string of the molecule is Brc1cc2c(c3c1oc1ccccc13)-c1c(cc(Br)c3c1oc1ccccc13)C21c2ccccc2Oc2ccccc21. The standard InChI is InChI=1S/C37H18Br2O3/c38-25-17-24-34(36-31(25)19-9-1-5-13-27(19)42-36)33-23(18-26(39)35-32(33)20-10-2-6-14-28(20)41-35)37(24)21-11-3-7-15-29(21)40-30-16-8-4-12-22(30)37/h1-18H. The largest absolute Gasteiger partial charge is 0.457 e. The highest BCUT2D eigenvalue weighted by Crippen LogP contribution is 2.66. The number of fused-ring (bicyclic) bond motifs is 17. The summed E-state index contributed by atoms with van der Waals surface area (Å²) in [7, 11) is 0. The first-order valence-electron chi connectivity index (χ1n) is 13.8. The van der Waals surface area contributed by atoms with Crippen LogP contribution >= 0.6 is 31.9 Å². The molecule has 1 aliphatic carbocycles. The van der Waals surface area contributed by atoms with Gasteiger partial charge in [-0.2, -0.15) is 0 Å². The summed E-state index contributed by atoms with van der Waals surface area (Å²) in [5.41, 5.74) is 9.53. The van der Waals surface area contributed by atoms with Crippen molar-refractivity contribution in [2.45, 2.75) is 5.41 Å². The molecule has 8 aromatic rings. The van der Waals surface area contributed by atoms with Crippen molar-refractivity contribution in [1.29, 1.82) is 0 Å². The Hall–Kier alpha value is -4.32. The van der Waals surface area contributed by atoms with E-state index in [1.165, 1.54) is 5.56 Å². The summed E-state index contributed by atoms with van der Waals surface area (Å²) in [5.74, 6) is 1.70. The van der Waals surface area contributed by atoms with Crippen LogP contribution in [0.5, 0.6) is 11.5 Å². The zero-order valence-electron chi connectivity index (χ0n) is 21.9. The molecule has 1 spiro atoms. The maximum absolute atomic E-state index is 6.81. The fourth-order valence-electron chi connectivity index (χ4n) is 7.53. The lowest BCUT2D eigenvalue weighted by atomic mass is 9.66. The summed E-state index contributed by atoms with van der Waals surface area (Å²) in [6.07, 6.45) is 0. The lowest BCUT2D eigenvalue weighted by Gasteiger charge is -2.39. The van der Waals surface area contributed by atoms with Crippen LogP contribution in [0.15, 0.2) is 127 Å². The Morgan fingerprint density at radius 1 is 0.476 bits per heavy atom. The van der Waals surface area contributed by atoms with Gasteiger partial charge >= 0.3 is 0 Å². The zero-order valence-corrected chi connectivity index (χ0v) is 25.0. The number of halogens is 2. The molecule has 1 aliphatic heterocycles. The van der Waals surface area contributed by atoms with E-state index >= 15 is 0 Å². The van der Waals surface area contributed by atoms with E-state index in [0.29, 0.717) is 0 Å². The molecule has 2 aliphatic rings. The Morgan fingerprint density at radius 2 is 1.00 bits per heavy atom. The van der Waals surface area contributed by atoms with E-state index in [1.54, 1.807) is 0 Å². The van der Waals surface area contributed by atoms with Gasteiger partial charge in [-0.15, -0.1) is 0 Å². The molecule has 6 aromatic carbocycles. The van der Waals surface area contributed by atoms with Crippen LogP contribution in [0.3, 0.4) is 0 Å². The first-order chi connectivity index (χ1) is 20.7. The second-order valence-corrected chi connectivity index (χ2v) is 12.7. The molecule has 0 atom stereocenters. The molecule has 3 nitrogen and oxygen atoms in total. The maximum Gasteiger partial charge on any atom is 0.150 e. The fraction of sp³-hybridized carbons (Fsp3) is 0.0270. The van der Waals surface area contributed by atoms with Gasteiger partial charge in [0.15, 0.2) is 0 Å². The minimum atomic E-state index is -0.652. The molecule has 2 aromatic heterocycles. The molecule has 0 radical (unpaired) electrons. The highest BCUT2D eigenvalue weighted by molar-refractivity contribution is 9.11. The molecule has 5 heteroatoms. The predicted octanol–water partition coefficient (Wildman–Crippen LogP) is 11.5. The topological polar surface area (TPSA) is 35.5 Å². The molecule has 0 amide bonds. The average molecular weight is 670 g/mol. The number of para-hydroxylation sites is 4. The molecule has 198 valence electrons. The predicted molar refractivity (Wildman–Crippen MR) is 174 cm³/mol. The monoisotopic (exact) mass is 668 g/mol. The van der Waals surface area contributed by atoms with Gasteiger partial charge in [-0.1, -0.05) is 88.7 Å². The Balaban J connectivity index is 1.53. The summed E-state index contributed by atoms with van der Waals surface area (Å²) in [6, 6.07) is 37.9. The lowest BCUT2D eigenvalue weighted by Crippen LogP contribution is -2.32. The first kappa shape index (κ1) is 23.3. The van der Waals surface area contributed by atoms with Crippen molar-refractivity contribution < 1.29 is 13.6 Å². The van der Waals surface area contributed by atoms with Crippen LogP contribution in [0.4, 0.5) is 0 Å². The molecule has 0 bridgehead atoms. The number of benzene rings is 6. The second-order valence-electron chi connectivity index (χ2n) is 11.0. The molecule has 42 heavy (non-hydrogen) atoms. The summed E-state index contributed by atoms with van der Waals surface area (Å²) in [4.78, 5) is 0. The summed E-state index contributed by atoms with van der Waals surface area (Å²) < 4.78 is 21.8. The van der Waals surface area contributed by atoms with Crippen LogP contribution in [0, 0.1) is 0 Å². The van der Waals surface area contributed by atoms with Crippen molar-refractivity contribution in [3.63, 3.8) is 0 Å². The van der Waals surface area contributed by atoms with Crippen molar-refractivity contribution in [1.82, 2.24) is 0 Å². The number of hydrogen-bond donors (Lipinski definition) is 0. The van der Waals surface area contributed by atoms with E-state index in [-0.39, 0.29) is 0 Å². The van der Waals surface area contributed by atoms with E-state index in [1.807, 2.05) is 36.4 Å². The number of furan rings is 2. The molecule has 0 saturated heterocycles. The van der Waals surface area contributed by atoms with E-state index in [2.05, 4.69) is 105 Å². The Kier molecular flexibility index (Phi) is 4.40. The third-order valence-corrected chi connectivity index (χ3v) is 10.3. The number of hydrogen-bond acceptors (Lipinski definition) is 3. The second kappa shape index (κ2) is 7.94. The minimum Gasteiger partial charge on any atom is -0.457 e. The van der Waals surface area contributed by atoms with Crippen molar-refractivity contribution >= 4 is 75.7 Å². The van der Waals surface area contributed by atoms with Gasteiger partial charge < -0.3 is 13.6 Å². The summed E-state index contributed by atoms with van der Waals surface area (Å²) in [6.45, 7) is 0. The van der Waals surface area contributed by atoms with Gasteiger partial charge in [-0.05, 0) is 63.5 Å². The first-order valence-corrected chi connectivity index (χ1v) is 15.4. The maximum atomic E-state index is 6.81. The average Bonchev–Trinajstić information content (AvgIpc) is 3.68. The Bertz CT molecular complexity index is 2440. The van der Waals surface area contributed by atoms with Crippen molar-refractivity contribution in [3.8, 4) is 22.6 Å². The van der Waals surface area contributed by atoms with Gasteiger partial charge in [0.1, 0.15) is 33.8 Å². The van der Waals surface area contributed by atoms with Crippen LogP contribution in [0.1, 0.15) is 22.3 Å². The van der Waals surface area contributed by atoms with Gasteiger partial charge in [0, 0.05) is 48.3 Å². The Morgan fingerprint density at radius 3 is 1.69 bits per heavy atom. The molecule has 0 fully saturated rings. The molecule has 10 rings (SSSR count). The quantitative estimate of drug-likeness (QED) is 0.161. The Labute approximate surface area is 256 Å². The highest BCUT2D eigenvalue weighted by atomic mass is 79.9. The highest BCUT2D eigenvalue weighted by Gasteiger charge is 2.53. The zero-order chi connectivity index (χ0) is 27.7. The van der Waals surface area contributed by atoms with E-state index < -0.39 is 5.41 Å². The number of rotatable bonds is 0. The normalized spacial score (nSPS) is 14.3.